The van der Waals surface area contributed by atoms with Gasteiger partial charge in [0.25, 0.3) is 0 Å². The fraction of sp³-hybridized carbons (Fsp3) is 0.0769. The maximum atomic E-state index is 11.7. The molecular formula is C13H10N2O2S. The van der Waals surface area contributed by atoms with Gasteiger partial charge in [-0.2, -0.15) is 16.6 Å². The first-order chi connectivity index (χ1) is 8.69. The largest absolute Gasteiger partial charge is 0.507 e. The predicted molar refractivity (Wildman–Crippen MR) is 69.5 cm³/mol. The second-order valence-electron chi connectivity index (χ2n) is 3.70. The molecule has 0 fully saturated rings. The highest BCUT2D eigenvalue weighted by atomic mass is 32.1. The average Bonchev–Trinajstić information content (AvgIpc) is 2.84. The molecule has 0 saturated carbocycles. The Labute approximate surface area is 108 Å². The Balaban J connectivity index is 2.05. The van der Waals surface area contributed by atoms with E-state index in [4.69, 9.17) is 5.26 Å². The zero-order chi connectivity index (χ0) is 13.0. The average molecular weight is 258 g/mol. The lowest BCUT2D eigenvalue weighted by molar-refractivity contribution is -0.115. The lowest BCUT2D eigenvalue weighted by Gasteiger charge is -2.05. The number of aromatic hydroxyl groups is 1. The molecule has 2 N–H and O–H groups in total. The summed E-state index contributed by atoms with van der Waals surface area (Å²) in [6.45, 7) is 0. The smallest absolute Gasteiger partial charge is 0.228 e. The summed E-state index contributed by atoms with van der Waals surface area (Å²) in [7, 11) is 0. The number of hydrogen-bond donors (Lipinski definition) is 2. The van der Waals surface area contributed by atoms with Gasteiger partial charge in [0.1, 0.15) is 11.8 Å². The molecule has 2 aromatic rings. The van der Waals surface area contributed by atoms with E-state index in [9.17, 15) is 9.90 Å². The van der Waals surface area contributed by atoms with E-state index in [0.29, 0.717) is 12.1 Å². The molecule has 0 aliphatic rings. The Morgan fingerprint density at radius 1 is 1.44 bits per heavy atom. The first-order valence-corrected chi connectivity index (χ1v) is 6.17. The summed E-state index contributed by atoms with van der Waals surface area (Å²) in [5.74, 6) is -0.240. The number of anilines is 1. The minimum atomic E-state index is -0.150. The van der Waals surface area contributed by atoms with Crippen LogP contribution in [0.4, 0.5) is 5.69 Å². The van der Waals surface area contributed by atoms with E-state index in [2.05, 4.69) is 5.32 Å². The molecule has 0 aliphatic carbocycles. The van der Waals surface area contributed by atoms with Crippen LogP contribution in [0.3, 0.4) is 0 Å². The van der Waals surface area contributed by atoms with Gasteiger partial charge in [0.2, 0.25) is 5.91 Å². The molecular weight excluding hydrogens is 248 g/mol. The van der Waals surface area contributed by atoms with Crippen molar-refractivity contribution in [2.24, 2.45) is 0 Å². The number of thiophene rings is 1. The van der Waals surface area contributed by atoms with Gasteiger partial charge < -0.3 is 10.4 Å². The van der Waals surface area contributed by atoms with Crippen LogP contribution < -0.4 is 5.32 Å². The van der Waals surface area contributed by atoms with Gasteiger partial charge in [-0.15, -0.1) is 0 Å². The summed E-state index contributed by atoms with van der Waals surface area (Å²) in [6.07, 6.45) is 0.298. The molecule has 90 valence electrons. The summed E-state index contributed by atoms with van der Waals surface area (Å²) in [5, 5.41) is 24.6. The van der Waals surface area contributed by atoms with Crippen molar-refractivity contribution in [1.82, 2.24) is 0 Å². The lowest BCUT2D eigenvalue weighted by Crippen LogP contribution is -2.13. The van der Waals surface area contributed by atoms with Crippen molar-refractivity contribution < 1.29 is 9.90 Å². The molecule has 5 heteroatoms. The highest BCUT2D eigenvalue weighted by Crippen LogP contribution is 2.20. The molecule has 4 nitrogen and oxygen atoms in total. The highest BCUT2D eigenvalue weighted by Gasteiger charge is 2.06. The van der Waals surface area contributed by atoms with Crippen molar-refractivity contribution in [3.63, 3.8) is 0 Å². The number of benzene rings is 1. The van der Waals surface area contributed by atoms with Crippen LogP contribution in [-0.4, -0.2) is 11.0 Å². The van der Waals surface area contributed by atoms with E-state index < -0.39 is 0 Å². The van der Waals surface area contributed by atoms with E-state index in [1.54, 1.807) is 6.07 Å². The molecule has 0 atom stereocenters. The molecule has 0 radical (unpaired) electrons. The Hall–Kier alpha value is -2.32. The topological polar surface area (TPSA) is 73.1 Å². The molecule has 1 aromatic heterocycles. The van der Waals surface area contributed by atoms with Gasteiger partial charge in [-0.05, 0) is 40.6 Å². The Morgan fingerprint density at radius 2 is 2.28 bits per heavy atom. The molecule has 1 amide bonds. The summed E-state index contributed by atoms with van der Waals surface area (Å²) in [4.78, 5) is 11.7. The molecule has 0 bridgehead atoms. The minimum Gasteiger partial charge on any atom is -0.507 e. The van der Waals surface area contributed by atoms with Crippen LogP contribution in [0.1, 0.15) is 11.1 Å². The molecule has 0 aliphatic heterocycles. The number of nitriles is 1. The number of nitrogens with one attached hydrogen (secondary N) is 1. The second kappa shape index (κ2) is 5.34. The van der Waals surface area contributed by atoms with Crippen molar-refractivity contribution in [2.45, 2.75) is 6.42 Å². The van der Waals surface area contributed by atoms with Crippen LogP contribution in [0.5, 0.6) is 5.75 Å². The monoisotopic (exact) mass is 258 g/mol. The quantitative estimate of drug-likeness (QED) is 0.831. The van der Waals surface area contributed by atoms with Crippen molar-refractivity contribution in [1.29, 1.82) is 5.26 Å². The maximum absolute atomic E-state index is 11.7. The normalized spacial score (nSPS) is 9.72. The van der Waals surface area contributed by atoms with Crippen molar-refractivity contribution in [3.8, 4) is 11.8 Å². The van der Waals surface area contributed by atoms with Gasteiger partial charge >= 0.3 is 0 Å². The van der Waals surface area contributed by atoms with E-state index in [1.807, 2.05) is 22.9 Å². The number of rotatable bonds is 3. The standard InChI is InChI=1S/C13H10N2O2S/c14-7-10-6-11(1-2-12(10)16)15-13(17)5-9-3-4-18-8-9/h1-4,6,8,16H,5H2,(H,15,17). The number of amides is 1. The number of phenolic OH excluding ortho intramolecular Hbond substituents is 1. The minimum absolute atomic E-state index is 0.0895. The van der Waals surface area contributed by atoms with Gasteiger partial charge in [0, 0.05) is 5.69 Å². The zero-order valence-corrected chi connectivity index (χ0v) is 10.2. The SMILES string of the molecule is N#Cc1cc(NC(=O)Cc2ccsc2)ccc1O. The first kappa shape index (κ1) is 12.1. The van der Waals surface area contributed by atoms with Crippen molar-refractivity contribution in [2.75, 3.05) is 5.32 Å². The van der Waals surface area contributed by atoms with Crippen LogP contribution in [0.25, 0.3) is 0 Å². The lowest BCUT2D eigenvalue weighted by atomic mass is 10.2. The third-order valence-electron chi connectivity index (χ3n) is 2.35. The fourth-order valence-electron chi connectivity index (χ4n) is 1.49. The van der Waals surface area contributed by atoms with Crippen molar-refractivity contribution >= 4 is 22.9 Å². The molecule has 1 aromatic carbocycles. The predicted octanol–water partition coefficient (Wildman–Crippen LogP) is 2.51. The Kier molecular flexibility index (Phi) is 3.60. The Morgan fingerprint density at radius 3 is 2.94 bits per heavy atom. The summed E-state index contributed by atoms with van der Waals surface area (Å²) in [5.41, 5.74) is 1.60. The third-order valence-corrected chi connectivity index (χ3v) is 3.08. The van der Waals surface area contributed by atoms with Gasteiger partial charge in [0.05, 0.1) is 12.0 Å². The van der Waals surface area contributed by atoms with Gasteiger partial charge in [-0.1, -0.05) is 0 Å². The van der Waals surface area contributed by atoms with E-state index in [1.165, 1.54) is 23.5 Å². The zero-order valence-electron chi connectivity index (χ0n) is 9.38. The summed E-state index contributed by atoms with van der Waals surface area (Å²) < 4.78 is 0. The van der Waals surface area contributed by atoms with Gasteiger partial charge in [-0.25, -0.2) is 0 Å². The number of nitrogens with zero attached hydrogens (tertiary/aromatic N) is 1. The highest BCUT2D eigenvalue weighted by molar-refractivity contribution is 7.08. The van der Waals surface area contributed by atoms with Crippen LogP contribution in [0.15, 0.2) is 35.0 Å². The van der Waals surface area contributed by atoms with E-state index in [0.717, 1.165) is 5.56 Å². The van der Waals surface area contributed by atoms with Crippen LogP contribution >= 0.6 is 11.3 Å². The molecule has 2 rings (SSSR count). The Bertz CT molecular complexity index is 600. The van der Waals surface area contributed by atoms with Crippen molar-refractivity contribution in [3.05, 3.63) is 46.2 Å². The third kappa shape index (κ3) is 2.87. The first-order valence-electron chi connectivity index (χ1n) is 5.23. The summed E-state index contributed by atoms with van der Waals surface area (Å²) in [6, 6.07) is 8.14. The second-order valence-corrected chi connectivity index (χ2v) is 4.48. The number of phenols is 1. The van der Waals surface area contributed by atoms with Crippen LogP contribution in [0.2, 0.25) is 0 Å². The van der Waals surface area contributed by atoms with Gasteiger partial charge in [0.15, 0.2) is 0 Å². The molecule has 0 spiro atoms. The summed E-state index contributed by atoms with van der Waals surface area (Å²) >= 11 is 1.54. The molecule has 18 heavy (non-hydrogen) atoms. The van der Waals surface area contributed by atoms with Crippen LogP contribution in [0, 0.1) is 11.3 Å². The number of carbonyl (C=O) groups excluding carboxylic acids is 1. The van der Waals surface area contributed by atoms with Gasteiger partial charge in [-0.3, -0.25) is 4.79 Å². The number of carbonyl (C=O) groups is 1. The van der Waals surface area contributed by atoms with E-state index >= 15 is 0 Å². The van der Waals surface area contributed by atoms with E-state index in [-0.39, 0.29) is 17.2 Å². The fourth-order valence-corrected chi connectivity index (χ4v) is 2.16. The maximum Gasteiger partial charge on any atom is 0.228 e. The molecule has 0 saturated heterocycles. The molecule has 1 heterocycles. The van der Waals surface area contributed by atoms with Crippen LogP contribution in [-0.2, 0) is 11.2 Å². The number of hydrogen-bond acceptors (Lipinski definition) is 4. The molecule has 0 unspecified atom stereocenters.